The first-order valence-corrected chi connectivity index (χ1v) is 14.5. The summed E-state index contributed by atoms with van der Waals surface area (Å²) in [5, 5.41) is 2.14. The van der Waals surface area contributed by atoms with Gasteiger partial charge in [0.25, 0.3) is 17.7 Å². The van der Waals surface area contributed by atoms with E-state index in [1.165, 1.54) is 60.9 Å². The smallest absolute Gasteiger partial charge is 0.379 e. The fourth-order valence-corrected chi connectivity index (χ4v) is 6.14. The van der Waals surface area contributed by atoms with Gasteiger partial charge >= 0.3 is 5.97 Å². The Morgan fingerprint density at radius 2 is 1.48 bits per heavy atom. The van der Waals surface area contributed by atoms with Gasteiger partial charge in [0.15, 0.2) is 5.78 Å². The molecule has 0 radical (unpaired) electrons. The number of carbonyl (C=O) groups is 5. The Morgan fingerprint density at radius 3 is 2.02 bits per heavy atom. The molecule has 5 rings (SSSR count). The molecule has 1 saturated carbocycles. The number of fused-ring (bicyclic) bond motifs is 1. The Morgan fingerprint density at radius 1 is 0.900 bits per heavy atom. The van der Waals surface area contributed by atoms with E-state index in [1.807, 2.05) is 0 Å². The largest absolute Gasteiger partial charge is 0.457 e. The lowest BCUT2D eigenvalue weighted by atomic mass is 9.81. The van der Waals surface area contributed by atoms with Crippen molar-refractivity contribution in [1.82, 2.24) is 10.0 Å². The summed E-state index contributed by atoms with van der Waals surface area (Å²) in [5.74, 6) is -3.98. The van der Waals surface area contributed by atoms with Crippen molar-refractivity contribution in [2.24, 2.45) is 11.8 Å². The van der Waals surface area contributed by atoms with Crippen molar-refractivity contribution in [3.63, 3.8) is 0 Å². The number of hydrogen-bond donors (Lipinski definition) is 0. The van der Waals surface area contributed by atoms with Crippen molar-refractivity contribution in [3.8, 4) is 5.75 Å². The number of furan rings is 1. The molecule has 1 saturated heterocycles. The third-order valence-corrected chi connectivity index (χ3v) is 9.84. The monoisotopic (exact) mass is 690 g/mol. The predicted molar refractivity (Wildman–Crippen MR) is 150 cm³/mol. The van der Waals surface area contributed by atoms with Crippen LogP contribution in [-0.2, 0) is 9.59 Å². The quantitative estimate of drug-likeness (QED) is 0.108. The summed E-state index contributed by atoms with van der Waals surface area (Å²) >= 11 is 13.1. The van der Waals surface area contributed by atoms with Gasteiger partial charge in [-0.2, -0.15) is 5.01 Å². The van der Waals surface area contributed by atoms with Gasteiger partial charge in [-0.15, -0.1) is 0 Å². The lowest BCUT2D eigenvalue weighted by Crippen LogP contribution is -2.52. The standard InChI is InChI=1S/C28H21Br2ClN2O7/c29-21-12-19-20(13-22(21)30)27(37)33(26(19)36)32(25(35)16-3-7-17(31)8-4-16)14-23(34)15-5-9-18(10-6-15)40-28(38)24-2-1-11-39-24/h1-11,19-22H,12-14H2/t19-,20-,21-,22+/m1/s1. The molecule has 0 unspecified atom stereocenters. The third-order valence-electron chi connectivity index (χ3n) is 6.86. The molecule has 206 valence electrons. The highest BCUT2D eigenvalue weighted by Gasteiger charge is 2.54. The minimum absolute atomic E-state index is 0.0205. The van der Waals surface area contributed by atoms with Crippen LogP contribution >= 0.6 is 43.5 Å². The molecular weight excluding hydrogens is 672 g/mol. The molecule has 4 atom stereocenters. The van der Waals surface area contributed by atoms with Crippen LogP contribution in [0, 0.1) is 11.8 Å². The maximum absolute atomic E-state index is 13.6. The van der Waals surface area contributed by atoms with Crippen LogP contribution in [0.2, 0.25) is 5.02 Å². The molecule has 0 spiro atoms. The average Bonchev–Trinajstić information content (AvgIpc) is 3.56. The first kappa shape index (κ1) is 28.3. The van der Waals surface area contributed by atoms with E-state index in [0.717, 1.165) is 10.0 Å². The normalized spacial score (nSPS) is 22.1. The zero-order valence-electron chi connectivity index (χ0n) is 20.7. The molecule has 0 N–H and O–H groups in total. The lowest BCUT2D eigenvalue weighted by molar-refractivity contribution is -0.154. The number of hydrogen-bond acceptors (Lipinski definition) is 7. The number of ketones is 1. The molecule has 0 bridgehead atoms. The highest BCUT2D eigenvalue weighted by atomic mass is 79.9. The molecule has 2 heterocycles. The number of amides is 3. The molecule has 1 aliphatic heterocycles. The molecule has 2 aliphatic rings. The highest BCUT2D eigenvalue weighted by Crippen LogP contribution is 2.43. The van der Waals surface area contributed by atoms with Crippen LogP contribution in [0.25, 0.3) is 0 Å². The van der Waals surface area contributed by atoms with Gasteiger partial charge in [0.2, 0.25) is 5.76 Å². The summed E-state index contributed by atoms with van der Waals surface area (Å²) in [6, 6.07) is 14.7. The summed E-state index contributed by atoms with van der Waals surface area (Å²) in [4.78, 5) is 66.0. The topological polar surface area (TPSA) is 114 Å². The Hall–Kier alpha value is -3.28. The molecule has 3 amide bonds. The number of halogens is 3. The second-order valence-corrected chi connectivity index (χ2v) is 12.2. The lowest BCUT2D eigenvalue weighted by Gasteiger charge is -2.30. The van der Waals surface area contributed by atoms with E-state index in [-0.39, 0.29) is 32.3 Å². The van der Waals surface area contributed by atoms with Crippen molar-refractivity contribution in [3.05, 3.63) is 88.8 Å². The number of benzene rings is 2. The Balaban J connectivity index is 1.39. The minimum atomic E-state index is -0.701. The summed E-state index contributed by atoms with van der Waals surface area (Å²) in [6.07, 6.45) is 2.17. The maximum Gasteiger partial charge on any atom is 0.379 e. The van der Waals surface area contributed by atoms with Crippen molar-refractivity contribution in [2.45, 2.75) is 22.5 Å². The maximum atomic E-state index is 13.6. The van der Waals surface area contributed by atoms with E-state index in [0.29, 0.717) is 17.9 Å². The zero-order valence-corrected chi connectivity index (χ0v) is 24.6. The summed E-state index contributed by atoms with van der Waals surface area (Å²) in [7, 11) is 0. The van der Waals surface area contributed by atoms with Crippen LogP contribution in [0.1, 0.15) is 44.1 Å². The minimum Gasteiger partial charge on any atom is -0.457 e. The predicted octanol–water partition coefficient (Wildman–Crippen LogP) is 5.31. The van der Waals surface area contributed by atoms with E-state index in [1.54, 1.807) is 6.07 Å². The number of carbonyl (C=O) groups excluding carboxylic acids is 5. The molecule has 2 aromatic carbocycles. The molecule has 40 heavy (non-hydrogen) atoms. The van der Waals surface area contributed by atoms with Gasteiger partial charge in [0.1, 0.15) is 12.3 Å². The number of alkyl halides is 2. The van der Waals surface area contributed by atoms with E-state index in [2.05, 4.69) is 31.9 Å². The van der Waals surface area contributed by atoms with Gasteiger partial charge in [-0.3, -0.25) is 19.2 Å². The Bertz CT molecular complexity index is 1430. The summed E-state index contributed by atoms with van der Waals surface area (Å²) in [6.45, 7) is -0.570. The molecule has 1 aliphatic carbocycles. The highest BCUT2D eigenvalue weighted by molar-refractivity contribution is 9.12. The number of rotatable bonds is 7. The Kier molecular flexibility index (Phi) is 8.25. The van der Waals surface area contributed by atoms with Crippen LogP contribution < -0.4 is 4.74 Å². The molecule has 3 aromatic rings. The second-order valence-electron chi connectivity index (χ2n) is 9.39. The molecule has 2 fully saturated rings. The number of Topliss-reactive ketones (excluding diaryl/α,β-unsaturated/α-hetero) is 1. The van der Waals surface area contributed by atoms with Crippen LogP contribution in [0.3, 0.4) is 0 Å². The van der Waals surface area contributed by atoms with Gasteiger partial charge in [-0.1, -0.05) is 43.5 Å². The van der Waals surface area contributed by atoms with E-state index < -0.39 is 47.9 Å². The number of ether oxygens (including phenoxy) is 1. The summed E-state index contributed by atoms with van der Waals surface area (Å²) < 4.78 is 10.2. The summed E-state index contributed by atoms with van der Waals surface area (Å²) in [5.41, 5.74) is 0.342. The van der Waals surface area contributed by atoms with Crippen LogP contribution in [-0.4, -0.2) is 55.7 Å². The first-order chi connectivity index (χ1) is 19.1. The van der Waals surface area contributed by atoms with E-state index in [9.17, 15) is 24.0 Å². The van der Waals surface area contributed by atoms with Crippen molar-refractivity contribution >= 4 is 72.9 Å². The van der Waals surface area contributed by atoms with E-state index in [4.69, 9.17) is 20.8 Å². The second kappa shape index (κ2) is 11.7. The average molecular weight is 693 g/mol. The van der Waals surface area contributed by atoms with Crippen molar-refractivity contribution < 1.29 is 33.1 Å². The number of esters is 1. The molecule has 1 aromatic heterocycles. The fraction of sp³-hybridized carbons (Fsp3) is 0.250. The van der Waals surface area contributed by atoms with Crippen molar-refractivity contribution in [1.29, 1.82) is 0 Å². The zero-order chi connectivity index (χ0) is 28.6. The number of imide groups is 1. The fourth-order valence-electron chi connectivity index (χ4n) is 4.78. The van der Waals surface area contributed by atoms with Crippen molar-refractivity contribution in [2.75, 3.05) is 6.54 Å². The van der Waals surface area contributed by atoms with Crippen LogP contribution in [0.4, 0.5) is 0 Å². The van der Waals surface area contributed by atoms with Gasteiger partial charge in [-0.05, 0) is 73.5 Å². The van der Waals surface area contributed by atoms with Gasteiger partial charge in [-0.25, -0.2) is 9.80 Å². The first-order valence-electron chi connectivity index (χ1n) is 12.3. The molecular formula is C28H21Br2ClN2O7. The molecule has 9 nitrogen and oxygen atoms in total. The number of hydrazine groups is 1. The van der Waals surface area contributed by atoms with Gasteiger partial charge in [0.05, 0.1) is 18.1 Å². The number of nitrogens with zero attached hydrogens (tertiary/aromatic N) is 2. The Labute approximate surface area is 250 Å². The molecule has 12 heteroatoms. The van der Waals surface area contributed by atoms with Crippen LogP contribution in [0.5, 0.6) is 5.75 Å². The van der Waals surface area contributed by atoms with Crippen LogP contribution in [0.15, 0.2) is 71.3 Å². The van der Waals surface area contributed by atoms with Gasteiger partial charge < -0.3 is 9.15 Å². The SMILES string of the molecule is O=C(CN(C(=O)c1ccc(Cl)cc1)N1C(=O)[C@@H]2C[C@@H](Br)[C@@H](Br)C[C@H]2C1=O)c1ccc(OC(=O)c2ccco2)cc1. The van der Waals surface area contributed by atoms with Gasteiger partial charge in [0, 0.05) is 25.8 Å². The third kappa shape index (κ3) is 5.63. The van der Waals surface area contributed by atoms with E-state index >= 15 is 0 Å².